The molecular weight excluding hydrogens is 359 g/mol. The topological polar surface area (TPSA) is 59.3 Å². The first-order chi connectivity index (χ1) is 11.8. The van der Waals surface area contributed by atoms with Crippen molar-refractivity contribution >= 4 is 28.5 Å². The zero-order chi connectivity index (χ0) is 18.3. The summed E-state index contributed by atoms with van der Waals surface area (Å²) in [4.78, 5) is 23.5. The van der Waals surface area contributed by atoms with E-state index in [0.717, 1.165) is 24.4 Å². The molecule has 0 fully saturated rings. The Kier molecular flexibility index (Phi) is 4.26. The van der Waals surface area contributed by atoms with Crippen LogP contribution in [0.15, 0.2) is 41.3 Å². The summed E-state index contributed by atoms with van der Waals surface area (Å²) < 4.78 is 41.5. The maximum atomic E-state index is 13.6. The number of fused-ring (bicyclic) bond motifs is 1. The van der Waals surface area contributed by atoms with Gasteiger partial charge in [-0.2, -0.15) is 0 Å². The molecule has 0 unspecified atom stereocenters. The molecule has 0 spiro atoms. The van der Waals surface area contributed by atoms with Crippen molar-refractivity contribution in [3.05, 3.63) is 80.4 Å². The van der Waals surface area contributed by atoms with Gasteiger partial charge in [-0.15, -0.1) is 0 Å². The Hall–Kier alpha value is -2.80. The van der Waals surface area contributed by atoms with E-state index in [4.69, 9.17) is 11.6 Å². The number of rotatable bonds is 3. The normalized spacial score (nSPS) is 11.0. The smallest absolute Gasteiger partial charge is 0.341 e. The minimum absolute atomic E-state index is 0.00529. The molecule has 0 aliphatic rings. The molecule has 0 aliphatic carbocycles. The first-order valence-electron chi connectivity index (χ1n) is 6.97. The fourth-order valence-electron chi connectivity index (χ4n) is 2.50. The van der Waals surface area contributed by atoms with Gasteiger partial charge in [0.15, 0.2) is 11.6 Å². The molecule has 8 heteroatoms. The Morgan fingerprint density at radius 1 is 1.12 bits per heavy atom. The Morgan fingerprint density at radius 3 is 2.44 bits per heavy atom. The largest absolute Gasteiger partial charge is 0.477 e. The zero-order valence-corrected chi connectivity index (χ0v) is 13.1. The highest BCUT2D eigenvalue weighted by Gasteiger charge is 2.17. The van der Waals surface area contributed by atoms with Gasteiger partial charge in [0.05, 0.1) is 5.52 Å². The van der Waals surface area contributed by atoms with Crippen molar-refractivity contribution in [1.82, 2.24) is 4.57 Å². The lowest BCUT2D eigenvalue weighted by atomic mass is 10.1. The third-order valence-corrected chi connectivity index (χ3v) is 4.06. The van der Waals surface area contributed by atoms with Crippen molar-refractivity contribution in [1.29, 1.82) is 0 Å². The van der Waals surface area contributed by atoms with Gasteiger partial charge in [0, 0.05) is 29.2 Å². The summed E-state index contributed by atoms with van der Waals surface area (Å²) in [6.07, 6.45) is 1.02. The van der Waals surface area contributed by atoms with Crippen LogP contribution < -0.4 is 5.43 Å². The average molecular weight is 368 g/mol. The highest BCUT2D eigenvalue weighted by molar-refractivity contribution is 6.31. The second-order valence-electron chi connectivity index (χ2n) is 5.32. The third kappa shape index (κ3) is 3.10. The molecule has 0 saturated carbocycles. The quantitative estimate of drug-likeness (QED) is 0.765. The van der Waals surface area contributed by atoms with Gasteiger partial charge in [-0.05, 0) is 23.8 Å². The van der Waals surface area contributed by atoms with Gasteiger partial charge in [0.2, 0.25) is 5.43 Å². The Bertz CT molecular complexity index is 1080. The van der Waals surface area contributed by atoms with Crippen molar-refractivity contribution in [3.8, 4) is 0 Å². The molecule has 0 bridgehead atoms. The van der Waals surface area contributed by atoms with E-state index in [1.54, 1.807) is 0 Å². The molecule has 0 amide bonds. The van der Waals surface area contributed by atoms with E-state index in [1.165, 1.54) is 10.6 Å². The van der Waals surface area contributed by atoms with Gasteiger partial charge in [-0.25, -0.2) is 18.0 Å². The number of halogens is 4. The van der Waals surface area contributed by atoms with E-state index in [1.807, 2.05) is 0 Å². The number of aromatic carboxylic acids is 1. The van der Waals surface area contributed by atoms with Crippen LogP contribution in [0.3, 0.4) is 0 Å². The highest BCUT2D eigenvalue weighted by atomic mass is 35.5. The second-order valence-corrected chi connectivity index (χ2v) is 5.73. The number of carboxylic acid groups (broad SMARTS) is 1. The maximum absolute atomic E-state index is 13.6. The zero-order valence-electron chi connectivity index (χ0n) is 12.4. The third-order valence-electron chi connectivity index (χ3n) is 3.71. The summed E-state index contributed by atoms with van der Waals surface area (Å²) in [6, 6.07) is 5.06. The first kappa shape index (κ1) is 17.0. The van der Waals surface area contributed by atoms with Crippen LogP contribution in [0.25, 0.3) is 10.9 Å². The maximum Gasteiger partial charge on any atom is 0.341 e. The molecular formula is C17H9ClF3NO3. The standard InChI is InChI=1S/C17H9ClF3NO3/c18-12-3-9(19)2-1-8(12)6-22-7-11(17(24)25)16(23)10-4-13(20)14(21)5-15(10)22/h1-5,7H,6H2,(H,24,25). The number of benzene rings is 2. The molecule has 3 aromatic rings. The average Bonchev–Trinajstić information content (AvgIpc) is 2.54. The fraction of sp³-hybridized carbons (Fsp3) is 0.0588. The van der Waals surface area contributed by atoms with Crippen molar-refractivity contribution in [2.24, 2.45) is 0 Å². The van der Waals surface area contributed by atoms with E-state index in [-0.39, 0.29) is 22.5 Å². The van der Waals surface area contributed by atoms with Gasteiger partial charge < -0.3 is 9.67 Å². The number of hydrogen-bond donors (Lipinski definition) is 1. The van der Waals surface area contributed by atoms with Crippen LogP contribution in [0.1, 0.15) is 15.9 Å². The lowest BCUT2D eigenvalue weighted by Crippen LogP contribution is -2.19. The minimum atomic E-state index is -1.50. The molecule has 0 radical (unpaired) electrons. The van der Waals surface area contributed by atoms with Gasteiger partial charge in [-0.1, -0.05) is 17.7 Å². The van der Waals surface area contributed by atoms with Crippen LogP contribution in [-0.4, -0.2) is 15.6 Å². The summed E-state index contributed by atoms with van der Waals surface area (Å²) >= 11 is 5.96. The lowest BCUT2D eigenvalue weighted by Gasteiger charge is -2.14. The number of hydrogen-bond acceptors (Lipinski definition) is 2. The highest BCUT2D eigenvalue weighted by Crippen LogP contribution is 2.22. The van der Waals surface area contributed by atoms with Gasteiger partial charge >= 0.3 is 5.97 Å². The van der Waals surface area contributed by atoms with Crippen molar-refractivity contribution < 1.29 is 23.1 Å². The van der Waals surface area contributed by atoms with Crippen LogP contribution in [0.2, 0.25) is 5.02 Å². The van der Waals surface area contributed by atoms with Crippen LogP contribution >= 0.6 is 11.6 Å². The summed E-state index contributed by atoms with van der Waals surface area (Å²) in [7, 11) is 0. The van der Waals surface area contributed by atoms with Crippen molar-refractivity contribution in [3.63, 3.8) is 0 Å². The summed E-state index contributed by atoms with van der Waals surface area (Å²) in [5.41, 5.74) is -1.12. The van der Waals surface area contributed by atoms with Crippen LogP contribution in [0.5, 0.6) is 0 Å². The molecule has 3 rings (SSSR count). The van der Waals surface area contributed by atoms with Gasteiger partial charge in [-0.3, -0.25) is 4.79 Å². The molecule has 0 atom stereocenters. The summed E-state index contributed by atoms with van der Waals surface area (Å²) in [6.45, 7) is -0.0682. The molecule has 1 aromatic heterocycles. The first-order valence-corrected chi connectivity index (χ1v) is 7.35. The van der Waals surface area contributed by atoms with E-state index in [0.29, 0.717) is 11.6 Å². The number of carbonyl (C=O) groups is 1. The number of pyridine rings is 1. The van der Waals surface area contributed by atoms with E-state index in [9.17, 15) is 27.9 Å². The Morgan fingerprint density at radius 2 is 1.80 bits per heavy atom. The lowest BCUT2D eigenvalue weighted by molar-refractivity contribution is 0.0695. The van der Waals surface area contributed by atoms with Crippen molar-refractivity contribution in [2.45, 2.75) is 6.54 Å². The summed E-state index contributed by atoms with van der Waals surface area (Å²) in [5.74, 6) is -4.51. The monoisotopic (exact) mass is 367 g/mol. The number of aromatic nitrogens is 1. The molecule has 1 N–H and O–H groups in total. The molecule has 0 aliphatic heterocycles. The summed E-state index contributed by atoms with van der Waals surface area (Å²) in [5, 5.41) is 8.97. The predicted octanol–water partition coefficient (Wildman–Crippen LogP) is 3.82. The molecule has 2 aromatic carbocycles. The number of nitrogens with zero attached hydrogens (tertiary/aromatic N) is 1. The molecule has 128 valence electrons. The molecule has 4 nitrogen and oxygen atoms in total. The van der Waals surface area contributed by atoms with Crippen LogP contribution in [0.4, 0.5) is 13.2 Å². The van der Waals surface area contributed by atoms with Gasteiger partial charge in [0.25, 0.3) is 0 Å². The van der Waals surface area contributed by atoms with Crippen molar-refractivity contribution in [2.75, 3.05) is 0 Å². The van der Waals surface area contributed by atoms with Crippen LogP contribution in [-0.2, 0) is 6.54 Å². The van der Waals surface area contributed by atoms with E-state index < -0.39 is 34.4 Å². The predicted molar refractivity (Wildman–Crippen MR) is 85.6 cm³/mol. The second kappa shape index (κ2) is 6.25. The minimum Gasteiger partial charge on any atom is -0.477 e. The van der Waals surface area contributed by atoms with Gasteiger partial charge in [0.1, 0.15) is 11.4 Å². The number of carboxylic acids is 1. The fourth-order valence-corrected chi connectivity index (χ4v) is 2.73. The molecule has 1 heterocycles. The van der Waals surface area contributed by atoms with E-state index >= 15 is 0 Å². The molecule has 0 saturated heterocycles. The molecule has 25 heavy (non-hydrogen) atoms. The Labute approximate surface area is 143 Å². The Balaban J connectivity index is 2.29. The van der Waals surface area contributed by atoms with Crippen LogP contribution in [0, 0.1) is 17.5 Å². The SMILES string of the molecule is O=C(O)c1cn(Cc2ccc(F)cc2Cl)c2cc(F)c(F)cc2c1=O. The van der Waals surface area contributed by atoms with E-state index in [2.05, 4.69) is 0 Å².